The van der Waals surface area contributed by atoms with Gasteiger partial charge in [-0.25, -0.2) is 10.4 Å². The molecule has 0 radical (unpaired) electrons. The molecule has 0 aliphatic rings. The smallest absolute Gasteiger partial charge is 0.260 e. The van der Waals surface area contributed by atoms with E-state index in [9.17, 15) is 4.79 Å². The molecule has 1 heterocycles. The van der Waals surface area contributed by atoms with E-state index in [-0.39, 0.29) is 12.5 Å². The van der Waals surface area contributed by atoms with E-state index in [1.807, 2.05) is 48.5 Å². The molecule has 1 N–H and O–H groups in total. The second kappa shape index (κ2) is 6.53. The van der Waals surface area contributed by atoms with Crippen LogP contribution < -0.4 is 5.43 Å². The molecule has 0 saturated heterocycles. The first-order valence-electron chi connectivity index (χ1n) is 6.70. The summed E-state index contributed by atoms with van der Waals surface area (Å²) in [4.78, 5) is 16.2. The Morgan fingerprint density at radius 2 is 2.00 bits per heavy atom. The topological polar surface area (TPSA) is 59.3 Å². The van der Waals surface area contributed by atoms with Gasteiger partial charge in [-0.2, -0.15) is 5.10 Å². The second-order valence-corrected chi connectivity index (χ2v) is 5.53. The number of amides is 1. The first kappa shape index (κ1) is 14.5. The van der Waals surface area contributed by atoms with Gasteiger partial charge in [-0.05, 0) is 18.2 Å². The van der Waals surface area contributed by atoms with Crippen molar-refractivity contribution in [3.05, 3.63) is 64.9 Å². The van der Waals surface area contributed by atoms with Crippen LogP contribution in [0.2, 0.25) is 0 Å². The van der Waals surface area contributed by atoms with Crippen molar-refractivity contribution in [2.75, 3.05) is 0 Å². The SMILES string of the molecule is O=C(Cn1cnc2ccccc21)N/N=C/c1ccccc1Br. The van der Waals surface area contributed by atoms with Crippen molar-refractivity contribution in [2.24, 2.45) is 5.10 Å². The molecule has 6 heteroatoms. The molecule has 22 heavy (non-hydrogen) atoms. The predicted octanol–water partition coefficient (Wildman–Crippen LogP) is 2.95. The molecule has 110 valence electrons. The summed E-state index contributed by atoms with van der Waals surface area (Å²) in [5.41, 5.74) is 5.21. The third-order valence-corrected chi connectivity index (χ3v) is 3.86. The number of imidazole rings is 1. The zero-order valence-electron chi connectivity index (χ0n) is 11.6. The van der Waals surface area contributed by atoms with Gasteiger partial charge in [-0.15, -0.1) is 0 Å². The van der Waals surface area contributed by atoms with Crippen molar-refractivity contribution in [3.63, 3.8) is 0 Å². The first-order chi connectivity index (χ1) is 10.7. The lowest BCUT2D eigenvalue weighted by Gasteiger charge is -2.03. The number of hydrazone groups is 1. The molecule has 1 amide bonds. The number of hydrogen-bond donors (Lipinski definition) is 1. The van der Waals surface area contributed by atoms with E-state index in [4.69, 9.17) is 0 Å². The van der Waals surface area contributed by atoms with Crippen LogP contribution in [0.4, 0.5) is 0 Å². The third-order valence-electron chi connectivity index (χ3n) is 3.14. The summed E-state index contributed by atoms with van der Waals surface area (Å²) in [5, 5.41) is 3.97. The number of hydrogen-bond acceptors (Lipinski definition) is 3. The van der Waals surface area contributed by atoms with E-state index in [0.29, 0.717) is 0 Å². The van der Waals surface area contributed by atoms with Crippen LogP contribution in [-0.4, -0.2) is 21.7 Å². The van der Waals surface area contributed by atoms with Gasteiger partial charge in [0.25, 0.3) is 5.91 Å². The van der Waals surface area contributed by atoms with Crippen LogP contribution >= 0.6 is 15.9 Å². The zero-order valence-corrected chi connectivity index (χ0v) is 13.2. The Bertz CT molecular complexity index is 841. The highest BCUT2D eigenvalue weighted by Gasteiger charge is 2.05. The largest absolute Gasteiger partial charge is 0.321 e. The maximum atomic E-state index is 11.9. The Morgan fingerprint density at radius 3 is 2.86 bits per heavy atom. The van der Waals surface area contributed by atoms with Gasteiger partial charge in [0, 0.05) is 10.0 Å². The van der Waals surface area contributed by atoms with Gasteiger partial charge >= 0.3 is 0 Å². The number of nitrogens with one attached hydrogen (secondary N) is 1. The number of carbonyl (C=O) groups is 1. The van der Waals surface area contributed by atoms with Crippen molar-refractivity contribution < 1.29 is 4.79 Å². The molecule has 3 rings (SSSR count). The molecule has 0 aliphatic carbocycles. The summed E-state index contributed by atoms with van der Waals surface area (Å²) in [6, 6.07) is 15.3. The standard InChI is InChI=1S/C16H13BrN4O/c17-13-6-2-1-5-12(13)9-19-20-16(22)10-21-11-18-14-7-3-4-8-15(14)21/h1-9,11H,10H2,(H,20,22)/b19-9+. The Kier molecular flexibility index (Phi) is 4.29. The Balaban J connectivity index is 1.65. The van der Waals surface area contributed by atoms with Gasteiger partial charge in [0.1, 0.15) is 6.54 Å². The number of benzene rings is 2. The van der Waals surface area contributed by atoms with Crippen LogP contribution in [0.1, 0.15) is 5.56 Å². The van der Waals surface area contributed by atoms with Crippen LogP contribution in [0.3, 0.4) is 0 Å². The van der Waals surface area contributed by atoms with Gasteiger partial charge in [0.05, 0.1) is 23.6 Å². The maximum Gasteiger partial charge on any atom is 0.260 e. The third kappa shape index (κ3) is 3.23. The monoisotopic (exact) mass is 356 g/mol. The molecule has 3 aromatic rings. The highest BCUT2D eigenvalue weighted by atomic mass is 79.9. The summed E-state index contributed by atoms with van der Waals surface area (Å²) < 4.78 is 2.71. The van der Waals surface area contributed by atoms with E-state index in [0.717, 1.165) is 21.1 Å². The highest BCUT2D eigenvalue weighted by Crippen LogP contribution is 2.13. The number of rotatable bonds is 4. The van der Waals surface area contributed by atoms with Crippen molar-refractivity contribution in [1.29, 1.82) is 0 Å². The van der Waals surface area contributed by atoms with Crippen molar-refractivity contribution in [1.82, 2.24) is 15.0 Å². The fourth-order valence-corrected chi connectivity index (χ4v) is 2.47. The molecule has 0 unspecified atom stereocenters. The molecular weight excluding hydrogens is 344 g/mol. The van der Waals surface area contributed by atoms with Crippen LogP contribution in [0.15, 0.2) is 64.4 Å². The molecule has 0 spiro atoms. The molecule has 0 bridgehead atoms. The van der Waals surface area contributed by atoms with E-state index in [1.165, 1.54) is 0 Å². The van der Waals surface area contributed by atoms with Gasteiger partial charge in [-0.3, -0.25) is 4.79 Å². The van der Waals surface area contributed by atoms with Crippen molar-refractivity contribution in [3.8, 4) is 0 Å². The Labute approximate surface area is 135 Å². The lowest BCUT2D eigenvalue weighted by molar-refractivity contribution is -0.121. The minimum Gasteiger partial charge on any atom is -0.321 e. The summed E-state index contributed by atoms with van der Waals surface area (Å²) >= 11 is 3.42. The van der Waals surface area contributed by atoms with Gasteiger partial charge < -0.3 is 4.57 Å². The number of carbonyl (C=O) groups excluding carboxylic acids is 1. The number of fused-ring (bicyclic) bond motifs is 1. The molecule has 1 aromatic heterocycles. The molecule has 2 aromatic carbocycles. The minimum absolute atomic E-state index is 0.174. The number of aromatic nitrogens is 2. The van der Waals surface area contributed by atoms with Crippen LogP contribution in [0.25, 0.3) is 11.0 Å². The summed E-state index contributed by atoms with van der Waals surface area (Å²) in [6.45, 7) is 0.174. The number of halogens is 1. The molecule has 0 aliphatic heterocycles. The Morgan fingerprint density at radius 1 is 1.23 bits per heavy atom. The van der Waals surface area contributed by atoms with Crippen LogP contribution in [0, 0.1) is 0 Å². The quantitative estimate of drug-likeness (QED) is 0.577. The first-order valence-corrected chi connectivity index (χ1v) is 7.49. The van der Waals surface area contributed by atoms with Gasteiger partial charge in [0.2, 0.25) is 0 Å². The highest BCUT2D eigenvalue weighted by molar-refractivity contribution is 9.10. The molecule has 0 atom stereocenters. The van der Waals surface area contributed by atoms with Crippen LogP contribution in [-0.2, 0) is 11.3 Å². The van der Waals surface area contributed by atoms with E-state index in [2.05, 4.69) is 31.4 Å². The minimum atomic E-state index is -0.202. The average molecular weight is 357 g/mol. The zero-order chi connectivity index (χ0) is 15.4. The number of para-hydroxylation sites is 2. The molecule has 5 nitrogen and oxygen atoms in total. The van der Waals surface area contributed by atoms with E-state index >= 15 is 0 Å². The van der Waals surface area contributed by atoms with Gasteiger partial charge in [-0.1, -0.05) is 46.3 Å². The van der Waals surface area contributed by atoms with E-state index < -0.39 is 0 Å². The summed E-state index contributed by atoms with van der Waals surface area (Å²) in [7, 11) is 0. The summed E-state index contributed by atoms with van der Waals surface area (Å²) in [6.07, 6.45) is 3.26. The summed E-state index contributed by atoms with van der Waals surface area (Å²) in [5.74, 6) is -0.202. The lowest BCUT2D eigenvalue weighted by atomic mass is 10.2. The maximum absolute atomic E-state index is 11.9. The lowest BCUT2D eigenvalue weighted by Crippen LogP contribution is -2.22. The average Bonchev–Trinajstić information content (AvgIpc) is 2.92. The fraction of sp³-hybridized carbons (Fsp3) is 0.0625. The normalized spacial score (nSPS) is 11.1. The van der Waals surface area contributed by atoms with Crippen molar-refractivity contribution in [2.45, 2.75) is 6.54 Å². The van der Waals surface area contributed by atoms with Crippen LogP contribution in [0.5, 0.6) is 0 Å². The fourth-order valence-electron chi connectivity index (χ4n) is 2.08. The van der Waals surface area contributed by atoms with Gasteiger partial charge in [0.15, 0.2) is 0 Å². The number of nitrogens with zero attached hydrogens (tertiary/aromatic N) is 3. The van der Waals surface area contributed by atoms with E-state index in [1.54, 1.807) is 17.1 Å². The second-order valence-electron chi connectivity index (χ2n) is 4.68. The molecule has 0 saturated carbocycles. The molecule has 0 fully saturated rings. The molecular formula is C16H13BrN4O. The predicted molar refractivity (Wildman–Crippen MR) is 89.6 cm³/mol. The van der Waals surface area contributed by atoms with Crippen molar-refractivity contribution >= 4 is 39.1 Å². The Hall–Kier alpha value is -2.47.